The molecule has 0 fully saturated rings. The molecule has 296 valence electrons. The summed E-state index contributed by atoms with van der Waals surface area (Å²) in [6.07, 6.45) is 2.37. The van der Waals surface area contributed by atoms with Gasteiger partial charge in [0.05, 0.1) is 11.1 Å². The van der Waals surface area contributed by atoms with Crippen LogP contribution in [0.1, 0.15) is 79.5 Å². The van der Waals surface area contributed by atoms with Crippen molar-refractivity contribution in [2.24, 2.45) is 0 Å². The minimum Gasteiger partial charge on any atom is -0.376 e. The average Bonchev–Trinajstić information content (AvgIpc) is 3.81. The van der Waals surface area contributed by atoms with Gasteiger partial charge < -0.3 is 9.71 Å². The van der Waals surface area contributed by atoms with E-state index in [-0.39, 0.29) is 17.7 Å². The van der Waals surface area contributed by atoms with Gasteiger partial charge in [0.15, 0.2) is 0 Å². The molecule has 4 heterocycles. The van der Waals surface area contributed by atoms with Crippen molar-refractivity contribution in [3.8, 4) is 22.3 Å². The Kier molecular flexibility index (Phi) is 6.69. The molecule has 5 aliphatic rings. The van der Waals surface area contributed by atoms with Crippen LogP contribution in [0.5, 0.6) is 0 Å². The van der Waals surface area contributed by atoms with Crippen molar-refractivity contribution in [1.82, 2.24) is 0 Å². The van der Waals surface area contributed by atoms with E-state index >= 15 is 0 Å². The Morgan fingerprint density at radius 1 is 0.516 bits per heavy atom. The maximum atomic E-state index is 2.76. The fourth-order valence-electron chi connectivity index (χ4n) is 12.9. The summed E-state index contributed by atoms with van der Waals surface area (Å²) >= 11 is 1.95. The standard InChI is InChI=1S/C58H45BN2S/c1-34-31-40-52-49(28-26-39-38-17-8-13-24-51(38)62-55(39)52)61(35-25-27-43-46(33-35)57(4,5)30-29-56(43,2)3)59-47-22-14-21-45-54(47)60(50(32-34)53(40)59)48-23-12-11-20-44(48)58(45)41-18-9-6-15-36(41)37-16-7-10-19-42(37)58/h6-28,31-33H,29-30H2,1-5H3. The van der Waals surface area contributed by atoms with Crippen molar-refractivity contribution in [1.29, 1.82) is 0 Å². The Balaban J connectivity index is 1.14. The molecule has 2 nitrogen and oxygen atoms in total. The van der Waals surface area contributed by atoms with Gasteiger partial charge in [-0.15, -0.1) is 11.3 Å². The second-order valence-electron chi connectivity index (χ2n) is 19.9. The number of rotatable bonds is 1. The molecular formula is C58H45BN2S. The quantitative estimate of drug-likeness (QED) is 0.152. The van der Waals surface area contributed by atoms with Gasteiger partial charge in [-0.1, -0.05) is 149 Å². The molecule has 0 atom stereocenters. The topological polar surface area (TPSA) is 6.48 Å². The smallest absolute Gasteiger partial charge is 0.333 e. The number of benzene rings is 8. The van der Waals surface area contributed by atoms with E-state index in [1.54, 1.807) is 0 Å². The second kappa shape index (κ2) is 11.8. The van der Waals surface area contributed by atoms with Gasteiger partial charge in [0.1, 0.15) is 0 Å². The molecule has 9 aromatic rings. The molecule has 0 saturated heterocycles. The fraction of sp³-hybridized carbons (Fsp3) is 0.172. The number of hydrogen-bond donors (Lipinski definition) is 0. The molecule has 0 unspecified atom stereocenters. The summed E-state index contributed by atoms with van der Waals surface area (Å²) in [6, 6.07) is 61.4. The molecular weight excluding hydrogens is 768 g/mol. The molecule has 1 aromatic heterocycles. The monoisotopic (exact) mass is 812 g/mol. The van der Waals surface area contributed by atoms with E-state index in [1.165, 1.54) is 134 Å². The highest BCUT2D eigenvalue weighted by Crippen LogP contribution is 2.64. The van der Waals surface area contributed by atoms with Crippen molar-refractivity contribution in [3.05, 3.63) is 197 Å². The second-order valence-corrected chi connectivity index (χ2v) is 20.9. The molecule has 14 rings (SSSR count). The molecule has 2 aliphatic carbocycles. The SMILES string of the molecule is Cc1cc2c3c(c1)N1c4ccccc4C4(c5ccccc5-c5ccccc54)c4cccc(c41)B3N(c1ccc3c(c1)C(C)(C)CCC3(C)C)c1ccc3c(sc4ccccc43)c1-2. The van der Waals surface area contributed by atoms with Crippen LogP contribution in [0, 0.1) is 6.92 Å². The molecule has 0 bridgehead atoms. The summed E-state index contributed by atoms with van der Waals surface area (Å²) in [6.45, 7) is 12.1. The van der Waals surface area contributed by atoms with Gasteiger partial charge in [0.25, 0.3) is 0 Å². The lowest BCUT2D eigenvalue weighted by Gasteiger charge is -2.51. The van der Waals surface area contributed by atoms with Crippen LogP contribution in [0.25, 0.3) is 42.4 Å². The predicted octanol–water partition coefficient (Wildman–Crippen LogP) is 14.1. The molecule has 0 amide bonds. The predicted molar refractivity (Wildman–Crippen MR) is 264 cm³/mol. The van der Waals surface area contributed by atoms with Gasteiger partial charge in [-0.05, 0) is 134 Å². The first-order chi connectivity index (χ1) is 30.2. The average molecular weight is 813 g/mol. The first-order valence-corrected chi connectivity index (χ1v) is 23.2. The van der Waals surface area contributed by atoms with E-state index in [2.05, 4.69) is 202 Å². The minimum absolute atomic E-state index is 0.0573. The molecule has 1 spiro atoms. The van der Waals surface area contributed by atoms with Crippen LogP contribution in [0.3, 0.4) is 0 Å². The van der Waals surface area contributed by atoms with E-state index in [0.717, 1.165) is 0 Å². The van der Waals surface area contributed by atoms with E-state index in [9.17, 15) is 0 Å². The zero-order chi connectivity index (χ0) is 41.4. The third-order valence-electron chi connectivity index (χ3n) is 15.7. The Hall–Kier alpha value is -6.36. The maximum Gasteiger partial charge on any atom is 0.333 e. The zero-order valence-electron chi connectivity index (χ0n) is 35.8. The zero-order valence-corrected chi connectivity index (χ0v) is 36.6. The number of aryl methyl sites for hydroxylation is 1. The molecule has 0 radical (unpaired) electrons. The van der Waals surface area contributed by atoms with E-state index in [4.69, 9.17) is 0 Å². The first kappa shape index (κ1) is 35.3. The van der Waals surface area contributed by atoms with Crippen molar-refractivity contribution in [3.63, 3.8) is 0 Å². The minimum atomic E-state index is -0.474. The molecule has 62 heavy (non-hydrogen) atoms. The number of anilines is 5. The number of fused-ring (bicyclic) bond motifs is 18. The Labute approximate surface area is 368 Å². The third-order valence-corrected chi connectivity index (χ3v) is 16.9. The van der Waals surface area contributed by atoms with Crippen LogP contribution in [0.2, 0.25) is 0 Å². The highest BCUT2D eigenvalue weighted by atomic mass is 32.1. The highest BCUT2D eigenvalue weighted by Gasteiger charge is 2.56. The summed E-state index contributed by atoms with van der Waals surface area (Å²) in [5.41, 5.74) is 24.0. The van der Waals surface area contributed by atoms with Crippen LogP contribution in [-0.2, 0) is 16.2 Å². The van der Waals surface area contributed by atoms with E-state index in [1.807, 2.05) is 11.3 Å². The maximum absolute atomic E-state index is 2.76. The number of thiophene rings is 1. The van der Waals surface area contributed by atoms with E-state index in [0.29, 0.717) is 0 Å². The Morgan fingerprint density at radius 3 is 1.98 bits per heavy atom. The van der Waals surface area contributed by atoms with Crippen LogP contribution in [0.15, 0.2) is 158 Å². The van der Waals surface area contributed by atoms with E-state index < -0.39 is 5.41 Å². The molecule has 4 heteroatoms. The first-order valence-electron chi connectivity index (χ1n) is 22.4. The lowest BCUT2D eigenvalue weighted by molar-refractivity contribution is 0.332. The van der Waals surface area contributed by atoms with Crippen LogP contribution in [-0.4, -0.2) is 6.85 Å². The van der Waals surface area contributed by atoms with Gasteiger partial charge in [-0.2, -0.15) is 0 Å². The summed E-state index contributed by atoms with van der Waals surface area (Å²) in [5, 5.41) is 2.68. The largest absolute Gasteiger partial charge is 0.376 e. The van der Waals surface area contributed by atoms with Crippen molar-refractivity contribution in [2.75, 3.05) is 9.71 Å². The number of para-hydroxylation sites is 2. The van der Waals surface area contributed by atoms with Crippen LogP contribution >= 0.6 is 11.3 Å². The van der Waals surface area contributed by atoms with Gasteiger partial charge in [0, 0.05) is 48.5 Å². The van der Waals surface area contributed by atoms with Crippen LogP contribution in [0.4, 0.5) is 28.4 Å². The summed E-state index contributed by atoms with van der Waals surface area (Å²) in [4.78, 5) is 5.43. The number of nitrogens with zero attached hydrogens (tertiary/aromatic N) is 2. The van der Waals surface area contributed by atoms with Gasteiger partial charge in [-0.25, -0.2) is 0 Å². The Morgan fingerprint density at radius 2 is 1.19 bits per heavy atom. The Bertz CT molecular complexity index is 3430. The number of hydrogen-bond acceptors (Lipinski definition) is 3. The van der Waals surface area contributed by atoms with Gasteiger partial charge >= 0.3 is 6.85 Å². The lowest BCUT2D eigenvalue weighted by Crippen LogP contribution is -2.62. The van der Waals surface area contributed by atoms with Crippen molar-refractivity contribution in [2.45, 2.75) is 63.7 Å². The fourth-order valence-corrected chi connectivity index (χ4v) is 14.2. The highest BCUT2D eigenvalue weighted by molar-refractivity contribution is 7.26. The molecule has 8 aromatic carbocycles. The third kappa shape index (κ3) is 4.18. The summed E-state index contributed by atoms with van der Waals surface area (Å²) in [5.74, 6) is 0. The molecule has 3 aliphatic heterocycles. The normalized spacial score (nSPS) is 17.3. The molecule has 0 saturated carbocycles. The summed E-state index contributed by atoms with van der Waals surface area (Å²) < 4.78 is 2.71. The summed E-state index contributed by atoms with van der Waals surface area (Å²) in [7, 11) is 0. The van der Waals surface area contributed by atoms with Gasteiger partial charge in [0.2, 0.25) is 0 Å². The van der Waals surface area contributed by atoms with Crippen molar-refractivity contribution >= 4 is 77.7 Å². The van der Waals surface area contributed by atoms with Crippen LogP contribution < -0.4 is 20.6 Å². The molecule has 0 N–H and O–H groups in total. The van der Waals surface area contributed by atoms with Crippen molar-refractivity contribution < 1.29 is 0 Å². The van der Waals surface area contributed by atoms with Gasteiger partial charge in [-0.3, -0.25) is 0 Å². The lowest BCUT2D eigenvalue weighted by atomic mass is 9.42.